The van der Waals surface area contributed by atoms with Crippen LogP contribution in [0.4, 0.5) is 0 Å². The van der Waals surface area contributed by atoms with Crippen molar-refractivity contribution < 1.29 is 32.9 Å². The summed E-state index contributed by atoms with van der Waals surface area (Å²) in [6.07, 6.45) is 82.7. The number of likely N-dealkylation sites (N-methyl/N-ethyl adjacent to an activating group) is 1. The highest BCUT2D eigenvalue weighted by Crippen LogP contribution is 2.43. The summed E-state index contributed by atoms with van der Waals surface area (Å²) < 4.78 is 23.9. The first-order valence-electron chi connectivity index (χ1n) is 33.3. The third-order valence-electron chi connectivity index (χ3n) is 15.0. The van der Waals surface area contributed by atoms with Crippen LogP contribution in [0.25, 0.3) is 0 Å². The molecule has 0 saturated carbocycles. The Morgan fingerprint density at radius 3 is 1.13 bits per heavy atom. The van der Waals surface area contributed by atoms with Crippen molar-refractivity contribution in [2.45, 2.75) is 321 Å². The van der Waals surface area contributed by atoms with Gasteiger partial charge in [0.1, 0.15) is 13.2 Å². The molecule has 0 bridgehead atoms. The van der Waals surface area contributed by atoms with E-state index >= 15 is 0 Å². The first kappa shape index (κ1) is 75.9. The van der Waals surface area contributed by atoms with Gasteiger partial charge in [-0.2, -0.15) is 0 Å². The van der Waals surface area contributed by atoms with Crippen LogP contribution in [-0.4, -0.2) is 73.4 Å². The lowest BCUT2D eigenvalue weighted by Gasteiger charge is -2.26. The Bertz CT molecular complexity index is 1500. The molecular formula is C69H130N2O6P+. The minimum atomic E-state index is -4.34. The van der Waals surface area contributed by atoms with E-state index in [0.29, 0.717) is 23.9 Å². The highest BCUT2D eigenvalue weighted by Gasteiger charge is 2.28. The molecule has 0 aromatic carbocycles. The van der Waals surface area contributed by atoms with Crippen molar-refractivity contribution in [2.75, 3.05) is 40.9 Å². The third kappa shape index (κ3) is 61.6. The predicted octanol–water partition coefficient (Wildman–Crippen LogP) is 21.0. The van der Waals surface area contributed by atoms with Crippen molar-refractivity contribution in [3.05, 3.63) is 72.9 Å². The van der Waals surface area contributed by atoms with Gasteiger partial charge >= 0.3 is 7.82 Å². The minimum absolute atomic E-state index is 0.0703. The number of nitrogens with one attached hydrogen (secondary N) is 1. The number of aliphatic hydroxyl groups is 1. The normalized spacial score (nSPS) is 14.2. The topological polar surface area (TPSA) is 105 Å². The van der Waals surface area contributed by atoms with E-state index in [4.69, 9.17) is 9.05 Å². The zero-order valence-corrected chi connectivity index (χ0v) is 53.0. The molecule has 456 valence electrons. The number of hydrogen-bond donors (Lipinski definition) is 3. The molecule has 0 aliphatic rings. The van der Waals surface area contributed by atoms with Crippen LogP contribution in [0.2, 0.25) is 0 Å². The van der Waals surface area contributed by atoms with Crippen molar-refractivity contribution in [3.63, 3.8) is 0 Å². The molecule has 3 atom stereocenters. The number of phosphoric ester groups is 1. The van der Waals surface area contributed by atoms with Gasteiger partial charge in [0.15, 0.2) is 0 Å². The summed E-state index contributed by atoms with van der Waals surface area (Å²) in [6, 6.07) is -0.772. The molecule has 0 aromatic heterocycles. The second-order valence-electron chi connectivity index (χ2n) is 23.8. The molecule has 3 unspecified atom stereocenters. The second kappa shape index (κ2) is 59.6. The highest BCUT2D eigenvalue weighted by molar-refractivity contribution is 7.47. The molecule has 9 heteroatoms. The van der Waals surface area contributed by atoms with Gasteiger partial charge in [0, 0.05) is 6.42 Å². The third-order valence-corrected chi connectivity index (χ3v) is 16.0. The summed E-state index contributed by atoms with van der Waals surface area (Å²) in [6.45, 7) is 4.80. The molecule has 3 N–H and O–H groups in total. The second-order valence-corrected chi connectivity index (χ2v) is 25.3. The molecule has 1 amide bonds. The molecule has 0 heterocycles. The Morgan fingerprint density at radius 1 is 0.449 bits per heavy atom. The van der Waals surface area contributed by atoms with Gasteiger partial charge < -0.3 is 19.8 Å². The van der Waals surface area contributed by atoms with Gasteiger partial charge in [0.2, 0.25) is 5.91 Å². The molecule has 0 aliphatic heterocycles. The van der Waals surface area contributed by atoms with Crippen molar-refractivity contribution in [1.82, 2.24) is 5.32 Å². The monoisotopic (exact) mass is 1110 g/mol. The summed E-state index contributed by atoms with van der Waals surface area (Å²) in [7, 11) is 1.61. The number of amides is 1. The number of allylic oxidation sites excluding steroid dienone is 12. The molecule has 8 nitrogen and oxygen atoms in total. The number of carbonyl (C=O) groups excluding carboxylic acids is 1. The van der Waals surface area contributed by atoms with Crippen molar-refractivity contribution in [3.8, 4) is 0 Å². The number of unbranched alkanes of at least 4 members (excludes halogenated alkanes) is 36. The number of aliphatic hydroxyl groups excluding tert-OH is 1. The Labute approximate surface area is 484 Å². The van der Waals surface area contributed by atoms with E-state index in [1.54, 1.807) is 0 Å². The van der Waals surface area contributed by atoms with E-state index in [0.717, 1.165) is 83.5 Å². The van der Waals surface area contributed by atoms with Crippen LogP contribution in [0.1, 0.15) is 309 Å². The molecule has 78 heavy (non-hydrogen) atoms. The van der Waals surface area contributed by atoms with E-state index in [-0.39, 0.29) is 19.1 Å². The molecule has 0 rings (SSSR count). The van der Waals surface area contributed by atoms with Crippen LogP contribution in [0, 0.1) is 0 Å². The number of rotatable bonds is 61. The molecule has 0 aliphatic carbocycles. The van der Waals surface area contributed by atoms with E-state index in [1.807, 2.05) is 21.1 Å². The summed E-state index contributed by atoms with van der Waals surface area (Å²) in [5, 5.41) is 14.1. The summed E-state index contributed by atoms with van der Waals surface area (Å²) >= 11 is 0. The van der Waals surface area contributed by atoms with Gasteiger partial charge in [0.25, 0.3) is 0 Å². The van der Waals surface area contributed by atoms with Crippen LogP contribution in [-0.2, 0) is 18.4 Å². The molecule has 0 spiro atoms. The van der Waals surface area contributed by atoms with Crippen LogP contribution in [0.15, 0.2) is 72.9 Å². The standard InChI is InChI=1S/C69H129N2O6P/c1-6-8-10-12-14-16-18-20-22-24-26-28-30-32-34-35-37-38-40-42-44-46-48-50-52-54-56-58-60-62-68(72)67(66-77-78(74,75)76-65-64-71(3,4)5)70-69(73)63-61-59-57-55-53-51-49-47-45-43-41-39-36-33-31-29-27-25-23-21-19-17-15-13-11-9-7-2/h9,11,15,17,21,23,27,29,33,36,41,43,67-68,72H,6-8,10,12-14,16,18-20,22,24-26,28,30-32,34-35,37-40,42,44-66H2,1-5H3,(H-,70,73,74,75)/p+1/b11-9-,17-15-,23-21-,29-27-,36-33-,43-41-. The van der Waals surface area contributed by atoms with Gasteiger partial charge in [-0.1, -0.05) is 311 Å². The zero-order chi connectivity index (χ0) is 57.0. The maximum atomic E-state index is 13.1. The zero-order valence-electron chi connectivity index (χ0n) is 52.2. The van der Waals surface area contributed by atoms with Gasteiger partial charge in [-0.25, -0.2) is 4.57 Å². The lowest BCUT2D eigenvalue weighted by Crippen LogP contribution is -2.46. The number of hydrogen-bond acceptors (Lipinski definition) is 5. The van der Waals surface area contributed by atoms with E-state index in [9.17, 15) is 19.4 Å². The van der Waals surface area contributed by atoms with Gasteiger partial charge in [-0.15, -0.1) is 0 Å². The van der Waals surface area contributed by atoms with Crippen LogP contribution < -0.4 is 5.32 Å². The van der Waals surface area contributed by atoms with Crippen LogP contribution in [0.3, 0.4) is 0 Å². The molecule has 0 radical (unpaired) electrons. The molecule has 0 fully saturated rings. The fourth-order valence-corrected chi connectivity index (χ4v) is 10.6. The van der Waals surface area contributed by atoms with Crippen molar-refractivity contribution >= 4 is 13.7 Å². The SMILES string of the molecule is CC/C=C\C/C=C\C/C=C\C/C=C\C/C=C\C/C=C\CCCCCCCCCCC(=O)NC(COP(=O)(O)OCC[N+](C)(C)C)C(O)CCCCCCCCCCCCCCCCCCCCCCCCCCCCCCC. The van der Waals surface area contributed by atoms with Gasteiger partial charge in [-0.3, -0.25) is 13.8 Å². The minimum Gasteiger partial charge on any atom is -0.391 e. The Balaban J connectivity index is 4.10. The highest BCUT2D eigenvalue weighted by atomic mass is 31.2. The fraction of sp³-hybridized carbons (Fsp3) is 0.812. The van der Waals surface area contributed by atoms with Crippen molar-refractivity contribution in [2.24, 2.45) is 0 Å². The van der Waals surface area contributed by atoms with Crippen molar-refractivity contribution in [1.29, 1.82) is 0 Å². The number of quaternary nitrogens is 1. The van der Waals surface area contributed by atoms with Crippen LogP contribution >= 0.6 is 7.82 Å². The lowest BCUT2D eigenvalue weighted by atomic mass is 10.0. The van der Waals surface area contributed by atoms with Crippen LogP contribution in [0.5, 0.6) is 0 Å². The summed E-state index contributed by atoms with van der Waals surface area (Å²) in [5.41, 5.74) is 0. The smallest absolute Gasteiger partial charge is 0.391 e. The maximum Gasteiger partial charge on any atom is 0.472 e. The number of phosphoric acid groups is 1. The quantitative estimate of drug-likeness (QED) is 0.0243. The lowest BCUT2D eigenvalue weighted by molar-refractivity contribution is -0.870. The average molecular weight is 1110 g/mol. The Kier molecular flexibility index (Phi) is 58.0. The first-order valence-corrected chi connectivity index (χ1v) is 34.8. The van der Waals surface area contributed by atoms with E-state index in [2.05, 4.69) is 92.1 Å². The Hall–Kier alpha value is -2.06. The van der Waals surface area contributed by atoms with E-state index < -0.39 is 20.0 Å². The molecular weight excluding hydrogens is 984 g/mol. The summed E-state index contributed by atoms with van der Waals surface area (Å²) in [5.74, 6) is -0.152. The summed E-state index contributed by atoms with van der Waals surface area (Å²) in [4.78, 5) is 23.4. The molecule has 0 aromatic rings. The largest absolute Gasteiger partial charge is 0.472 e. The maximum absolute atomic E-state index is 13.1. The molecule has 0 saturated heterocycles. The fourth-order valence-electron chi connectivity index (χ4n) is 9.82. The first-order chi connectivity index (χ1) is 38.0. The predicted molar refractivity (Wildman–Crippen MR) is 341 cm³/mol. The Morgan fingerprint density at radius 2 is 0.769 bits per heavy atom. The number of carbonyl (C=O) groups is 1. The average Bonchev–Trinajstić information content (AvgIpc) is 3.41. The van der Waals surface area contributed by atoms with Gasteiger partial charge in [0.05, 0.1) is 39.9 Å². The van der Waals surface area contributed by atoms with Gasteiger partial charge in [-0.05, 0) is 64.2 Å². The van der Waals surface area contributed by atoms with E-state index in [1.165, 1.54) is 199 Å². The number of nitrogens with zero attached hydrogens (tertiary/aromatic N) is 1.